The Morgan fingerprint density at radius 1 is 1.44 bits per heavy atom. The fourth-order valence-electron chi connectivity index (χ4n) is 2.10. The van der Waals surface area contributed by atoms with E-state index in [9.17, 15) is 4.79 Å². The van der Waals surface area contributed by atoms with Crippen molar-refractivity contribution in [2.45, 2.75) is 46.6 Å². The Kier molecular flexibility index (Phi) is 5.77. The summed E-state index contributed by atoms with van der Waals surface area (Å²) in [5, 5.41) is 0. The number of hydrogen-bond donors (Lipinski definition) is 1. The predicted octanol–water partition coefficient (Wildman–Crippen LogP) is 2.04. The van der Waals surface area contributed by atoms with Crippen molar-refractivity contribution >= 4 is 18.3 Å². The van der Waals surface area contributed by atoms with Gasteiger partial charge in [0.05, 0.1) is 0 Å². The molecule has 1 amide bonds. The van der Waals surface area contributed by atoms with Crippen LogP contribution in [0.4, 0.5) is 0 Å². The molecule has 16 heavy (non-hydrogen) atoms. The molecule has 0 aromatic rings. The molecular weight excluding hydrogens is 224 g/mol. The third-order valence-corrected chi connectivity index (χ3v) is 3.13. The second-order valence-electron chi connectivity index (χ2n) is 5.76. The molecular formula is C12H25ClN2O. The highest BCUT2D eigenvalue weighted by molar-refractivity contribution is 5.85. The van der Waals surface area contributed by atoms with Gasteiger partial charge in [-0.25, -0.2) is 0 Å². The van der Waals surface area contributed by atoms with Crippen molar-refractivity contribution in [1.29, 1.82) is 0 Å². The van der Waals surface area contributed by atoms with Gasteiger partial charge in [-0.15, -0.1) is 12.4 Å². The number of carbonyl (C=O) groups is 1. The van der Waals surface area contributed by atoms with E-state index in [0.717, 1.165) is 25.9 Å². The van der Waals surface area contributed by atoms with E-state index < -0.39 is 0 Å². The summed E-state index contributed by atoms with van der Waals surface area (Å²) >= 11 is 0. The van der Waals surface area contributed by atoms with Crippen molar-refractivity contribution in [3.8, 4) is 0 Å². The molecule has 1 heterocycles. The lowest BCUT2D eigenvalue weighted by atomic mass is 9.89. The van der Waals surface area contributed by atoms with Crippen LogP contribution in [-0.4, -0.2) is 29.9 Å². The normalized spacial score (nSPS) is 23.6. The lowest BCUT2D eigenvalue weighted by molar-refractivity contribution is -0.141. The first kappa shape index (κ1) is 15.7. The summed E-state index contributed by atoms with van der Waals surface area (Å²) in [7, 11) is 0. The van der Waals surface area contributed by atoms with Crippen LogP contribution in [0.2, 0.25) is 0 Å². The van der Waals surface area contributed by atoms with E-state index in [1.165, 1.54) is 0 Å². The van der Waals surface area contributed by atoms with Crippen LogP contribution < -0.4 is 5.73 Å². The van der Waals surface area contributed by atoms with E-state index in [1.807, 2.05) is 32.6 Å². The molecule has 0 spiro atoms. The molecule has 1 rings (SSSR count). The molecule has 2 unspecified atom stereocenters. The summed E-state index contributed by atoms with van der Waals surface area (Å²) in [5.74, 6) is 0.734. The minimum absolute atomic E-state index is 0. The smallest absolute Gasteiger partial charge is 0.227 e. The molecule has 1 aliphatic heterocycles. The zero-order chi connectivity index (χ0) is 11.6. The van der Waals surface area contributed by atoms with Crippen LogP contribution in [0.3, 0.4) is 0 Å². The van der Waals surface area contributed by atoms with E-state index >= 15 is 0 Å². The standard InChI is InChI=1S/C12H24N2O.ClH/c1-9(13)10-6-5-7-14(8-10)11(15)12(2,3)4;/h9-10H,5-8,13H2,1-4H3;1H. The average Bonchev–Trinajstić information content (AvgIpc) is 2.15. The number of rotatable bonds is 1. The van der Waals surface area contributed by atoms with Crippen molar-refractivity contribution in [3.05, 3.63) is 0 Å². The van der Waals surface area contributed by atoms with Gasteiger partial charge in [0.15, 0.2) is 0 Å². The number of likely N-dealkylation sites (tertiary alicyclic amines) is 1. The van der Waals surface area contributed by atoms with Gasteiger partial charge in [-0.3, -0.25) is 4.79 Å². The van der Waals surface area contributed by atoms with Gasteiger partial charge >= 0.3 is 0 Å². The molecule has 2 N–H and O–H groups in total. The Labute approximate surface area is 105 Å². The van der Waals surface area contributed by atoms with Crippen LogP contribution in [0.15, 0.2) is 0 Å². The molecule has 2 atom stereocenters. The van der Waals surface area contributed by atoms with Crippen LogP contribution in [0, 0.1) is 11.3 Å². The second kappa shape index (κ2) is 5.87. The zero-order valence-electron chi connectivity index (χ0n) is 10.8. The van der Waals surface area contributed by atoms with Gasteiger partial charge in [-0.05, 0) is 25.7 Å². The summed E-state index contributed by atoms with van der Waals surface area (Å²) in [4.78, 5) is 14.1. The Hall–Kier alpha value is -0.280. The number of carbonyl (C=O) groups excluding carboxylic acids is 1. The number of nitrogens with two attached hydrogens (primary N) is 1. The predicted molar refractivity (Wildman–Crippen MR) is 69.7 cm³/mol. The maximum Gasteiger partial charge on any atom is 0.227 e. The fourth-order valence-corrected chi connectivity index (χ4v) is 2.10. The quantitative estimate of drug-likeness (QED) is 0.772. The van der Waals surface area contributed by atoms with E-state index in [1.54, 1.807) is 0 Å². The van der Waals surface area contributed by atoms with Gasteiger partial charge in [0.1, 0.15) is 0 Å². The highest BCUT2D eigenvalue weighted by atomic mass is 35.5. The molecule has 1 fully saturated rings. The molecule has 0 aromatic carbocycles. The molecule has 1 aliphatic rings. The van der Waals surface area contributed by atoms with Gasteiger partial charge in [-0.1, -0.05) is 20.8 Å². The summed E-state index contributed by atoms with van der Waals surface area (Å²) in [6.07, 6.45) is 2.25. The largest absolute Gasteiger partial charge is 0.342 e. The van der Waals surface area contributed by atoms with Crippen LogP contribution in [0.5, 0.6) is 0 Å². The number of nitrogens with zero attached hydrogens (tertiary/aromatic N) is 1. The van der Waals surface area contributed by atoms with E-state index in [-0.39, 0.29) is 29.8 Å². The molecule has 4 heteroatoms. The van der Waals surface area contributed by atoms with Gasteiger partial charge in [-0.2, -0.15) is 0 Å². The van der Waals surface area contributed by atoms with Crippen molar-refractivity contribution in [2.75, 3.05) is 13.1 Å². The SMILES string of the molecule is CC(N)C1CCCN(C(=O)C(C)(C)C)C1.Cl. The molecule has 0 saturated carbocycles. The minimum Gasteiger partial charge on any atom is -0.342 e. The average molecular weight is 249 g/mol. The summed E-state index contributed by atoms with van der Waals surface area (Å²) in [5.41, 5.74) is 5.64. The lowest BCUT2D eigenvalue weighted by Gasteiger charge is -2.37. The number of hydrogen-bond acceptors (Lipinski definition) is 2. The second-order valence-corrected chi connectivity index (χ2v) is 5.76. The Morgan fingerprint density at radius 2 is 2.00 bits per heavy atom. The summed E-state index contributed by atoms with van der Waals surface area (Å²) < 4.78 is 0. The topological polar surface area (TPSA) is 46.3 Å². The number of amides is 1. The third kappa shape index (κ3) is 3.95. The first-order valence-electron chi connectivity index (χ1n) is 5.87. The monoisotopic (exact) mass is 248 g/mol. The first-order valence-corrected chi connectivity index (χ1v) is 5.87. The number of halogens is 1. The van der Waals surface area contributed by atoms with Crippen LogP contribution in [0.25, 0.3) is 0 Å². The van der Waals surface area contributed by atoms with Crippen molar-refractivity contribution in [2.24, 2.45) is 17.1 Å². The lowest BCUT2D eigenvalue weighted by Crippen LogP contribution is -2.48. The van der Waals surface area contributed by atoms with E-state index in [0.29, 0.717) is 5.92 Å². The maximum absolute atomic E-state index is 12.1. The van der Waals surface area contributed by atoms with Gasteiger partial charge < -0.3 is 10.6 Å². The maximum atomic E-state index is 12.1. The van der Waals surface area contributed by atoms with Crippen molar-refractivity contribution in [1.82, 2.24) is 4.90 Å². The molecule has 0 bridgehead atoms. The van der Waals surface area contributed by atoms with E-state index in [4.69, 9.17) is 5.73 Å². The number of piperidine rings is 1. The highest BCUT2D eigenvalue weighted by Gasteiger charge is 2.31. The van der Waals surface area contributed by atoms with Crippen LogP contribution in [0.1, 0.15) is 40.5 Å². The summed E-state index contributed by atoms with van der Waals surface area (Å²) in [6, 6.07) is 0.195. The van der Waals surface area contributed by atoms with Gasteiger partial charge in [0.2, 0.25) is 5.91 Å². The molecule has 0 radical (unpaired) electrons. The fraction of sp³-hybridized carbons (Fsp3) is 0.917. The first-order chi connectivity index (χ1) is 6.82. The third-order valence-electron chi connectivity index (χ3n) is 3.13. The van der Waals surface area contributed by atoms with Gasteiger partial charge in [0, 0.05) is 24.5 Å². The van der Waals surface area contributed by atoms with E-state index in [2.05, 4.69) is 0 Å². The Bertz CT molecular complexity index is 236. The molecule has 1 saturated heterocycles. The van der Waals surface area contributed by atoms with Crippen LogP contribution >= 0.6 is 12.4 Å². The molecule has 0 aromatic heterocycles. The Morgan fingerprint density at radius 3 is 2.44 bits per heavy atom. The molecule has 96 valence electrons. The highest BCUT2D eigenvalue weighted by Crippen LogP contribution is 2.24. The zero-order valence-corrected chi connectivity index (χ0v) is 11.6. The van der Waals surface area contributed by atoms with Gasteiger partial charge in [0.25, 0.3) is 0 Å². The van der Waals surface area contributed by atoms with Crippen molar-refractivity contribution in [3.63, 3.8) is 0 Å². The Balaban J connectivity index is 0.00000225. The minimum atomic E-state index is -0.264. The van der Waals surface area contributed by atoms with Crippen molar-refractivity contribution < 1.29 is 4.79 Å². The molecule has 0 aliphatic carbocycles. The van der Waals surface area contributed by atoms with Crippen LogP contribution in [-0.2, 0) is 4.79 Å². The summed E-state index contributed by atoms with van der Waals surface area (Å²) in [6.45, 7) is 9.71. The molecule has 3 nitrogen and oxygen atoms in total.